The van der Waals surface area contributed by atoms with Gasteiger partial charge in [0.05, 0.1) is 19.7 Å². The largest absolute Gasteiger partial charge is 0.466 e. The zero-order valence-corrected chi connectivity index (χ0v) is 13.0. The first-order chi connectivity index (χ1) is 9.54. The van der Waals surface area contributed by atoms with Crippen LogP contribution in [-0.2, 0) is 19.1 Å². The Bertz CT molecular complexity index is 420. The van der Waals surface area contributed by atoms with Gasteiger partial charge in [-0.3, -0.25) is 9.59 Å². The quantitative estimate of drug-likeness (QED) is 0.598. The van der Waals surface area contributed by atoms with Gasteiger partial charge in [-0.1, -0.05) is 0 Å². The van der Waals surface area contributed by atoms with Crippen LogP contribution in [0.3, 0.4) is 0 Å². The third-order valence-corrected chi connectivity index (χ3v) is 2.80. The smallest absolute Gasteiger partial charge is 0.410 e. The molecule has 1 aliphatic rings. The maximum Gasteiger partial charge on any atom is 0.410 e. The third-order valence-electron chi connectivity index (χ3n) is 2.80. The number of ether oxygens (including phenoxy) is 2. The summed E-state index contributed by atoms with van der Waals surface area (Å²) < 4.78 is 9.82. The lowest BCUT2D eigenvalue weighted by atomic mass is 9.88. The molecule has 1 N–H and O–H groups in total. The summed E-state index contributed by atoms with van der Waals surface area (Å²) in [4.78, 5) is 35.8. The number of amides is 1. The second-order valence-corrected chi connectivity index (χ2v) is 6.26. The molecule has 0 aromatic rings. The topological polar surface area (TPSA) is 93.1 Å². The van der Waals surface area contributed by atoms with E-state index >= 15 is 0 Å². The molecule has 0 atom stereocenters. The summed E-state index contributed by atoms with van der Waals surface area (Å²) in [6.45, 7) is 7.16. The lowest BCUT2D eigenvalue weighted by Gasteiger charge is -2.46. The number of hydrogen-bond acceptors (Lipinski definition) is 6. The fourth-order valence-corrected chi connectivity index (χ4v) is 2.03. The monoisotopic (exact) mass is 301 g/mol. The molecular weight excluding hydrogens is 278 g/mol. The van der Waals surface area contributed by atoms with E-state index in [4.69, 9.17) is 4.74 Å². The molecule has 7 nitrogen and oxygen atoms in total. The summed E-state index contributed by atoms with van der Waals surface area (Å²) in [7, 11) is 0. The van der Waals surface area contributed by atoms with Crippen LogP contribution < -0.4 is 0 Å². The number of β-amino-alcohol motifs (C(OH)–C–C–N with tert-alkyl or cyclic N) is 1. The number of aliphatic hydroxyl groups is 1. The van der Waals surface area contributed by atoms with Gasteiger partial charge in [0.1, 0.15) is 23.4 Å². The predicted octanol–water partition coefficient (Wildman–Crippen LogP) is 0.881. The minimum Gasteiger partial charge on any atom is -0.466 e. The Balaban J connectivity index is 2.38. The van der Waals surface area contributed by atoms with E-state index in [0.29, 0.717) is 0 Å². The van der Waals surface area contributed by atoms with Crippen molar-refractivity contribution in [2.45, 2.75) is 51.7 Å². The van der Waals surface area contributed by atoms with Gasteiger partial charge in [0, 0.05) is 6.42 Å². The Hall–Kier alpha value is -1.63. The molecule has 0 spiro atoms. The van der Waals surface area contributed by atoms with E-state index < -0.39 is 29.0 Å². The number of Topliss-reactive ketones (excluding diaryl/α,β-unsaturated/α-hetero) is 1. The number of rotatable bonds is 5. The van der Waals surface area contributed by atoms with Crippen molar-refractivity contribution in [1.82, 2.24) is 4.90 Å². The zero-order chi connectivity index (χ0) is 16.3. The first kappa shape index (κ1) is 17.4. The van der Waals surface area contributed by atoms with Gasteiger partial charge < -0.3 is 19.5 Å². The van der Waals surface area contributed by atoms with Crippen LogP contribution in [-0.4, -0.2) is 58.8 Å². The summed E-state index contributed by atoms with van der Waals surface area (Å²) in [5.41, 5.74) is -1.88. The van der Waals surface area contributed by atoms with Crippen molar-refractivity contribution in [1.29, 1.82) is 0 Å². The Morgan fingerprint density at radius 1 is 1.24 bits per heavy atom. The van der Waals surface area contributed by atoms with Crippen molar-refractivity contribution in [3.8, 4) is 0 Å². The van der Waals surface area contributed by atoms with Crippen LogP contribution >= 0.6 is 0 Å². The maximum atomic E-state index is 11.7. The first-order valence-electron chi connectivity index (χ1n) is 6.92. The summed E-state index contributed by atoms with van der Waals surface area (Å²) in [6, 6.07) is 0. The van der Waals surface area contributed by atoms with Crippen LogP contribution in [0.4, 0.5) is 4.79 Å². The molecule has 1 rings (SSSR count). The highest BCUT2D eigenvalue weighted by atomic mass is 16.6. The molecule has 0 aromatic heterocycles. The Kier molecular flexibility index (Phi) is 5.33. The second kappa shape index (κ2) is 6.43. The van der Waals surface area contributed by atoms with E-state index in [1.807, 2.05) is 0 Å². The van der Waals surface area contributed by atoms with E-state index in [0.717, 1.165) is 0 Å². The van der Waals surface area contributed by atoms with Gasteiger partial charge in [0.2, 0.25) is 0 Å². The average Bonchev–Trinajstić information content (AvgIpc) is 2.22. The van der Waals surface area contributed by atoms with Gasteiger partial charge in [-0.15, -0.1) is 0 Å². The van der Waals surface area contributed by atoms with Crippen molar-refractivity contribution >= 4 is 17.8 Å². The summed E-state index contributed by atoms with van der Waals surface area (Å²) in [5, 5.41) is 10.1. The van der Waals surface area contributed by atoms with Crippen molar-refractivity contribution in [3.63, 3.8) is 0 Å². The van der Waals surface area contributed by atoms with E-state index in [-0.39, 0.29) is 32.5 Å². The second-order valence-electron chi connectivity index (χ2n) is 6.26. The van der Waals surface area contributed by atoms with E-state index in [1.165, 1.54) is 4.90 Å². The van der Waals surface area contributed by atoms with Crippen molar-refractivity contribution < 1.29 is 29.0 Å². The van der Waals surface area contributed by atoms with Crippen molar-refractivity contribution in [2.24, 2.45) is 0 Å². The molecule has 0 aliphatic carbocycles. The van der Waals surface area contributed by atoms with E-state index in [1.54, 1.807) is 27.7 Å². The Morgan fingerprint density at radius 3 is 2.29 bits per heavy atom. The fourth-order valence-electron chi connectivity index (χ4n) is 2.03. The molecule has 120 valence electrons. The van der Waals surface area contributed by atoms with E-state index in [9.17, 15) is 19.5 Å². The van der Waals surface area contributed by atoms with Crippen LogP contribution in [0.2, 0.25) is 0 Å². The molecule has 0 aromatic carbocycles. The van der Waals surface area contributed by atoms with Gasteiger partial charge >= 0.3 is 12.1 Å². The lowest BCUT2D eigenvalue weighted by Crippen LogP contribution is -2.64. The minimum absolute atomic E-state index is 0.0243. The molecule has 7 heteroatoms. The van der Waals surface area contributed by atoms with Crippen LogP contribution in [0.5, 0.6) is 0 Å². The lowest BCUT2D eigenvalue weighted by molar-refractivity contribution is -0.149. The number of hydrogen-bond donors (Lipinski definition) is 1. The van der Waals surface area contributed by atoms with Gasteiger partial charge in [-0.25, -0.2) is 4.79 Å². The summed E-state index contributed by atoms with van der Waals surface area (Å²) in [6.07, 6.45) is -1.06. The fraction of sp³-hybridized carbons (Fsp3) is 0.786. The predicted molar refractivity (Wildman–Crippen MR) is 73.6 cm³/mol. The highest BCUT2D eigenvalue weighted by molar-refractivity contribution is 5.96. The average molecular weight is 301 g/mol. The molecular formula is C14H23NO6. The van der Waals surface area contributed by atoms with Gasteiger partial charge in [0.25, 0.3) is 0 Å². The highest BCUT2D eigenvalue weighted by Gasteiger charge is 2.46. The third kappa shape index (κ3) is 5.71. The van der Waals surface area contributed by atoms with Crippen LogP contribution in [0, 0.1) is 0 Å². The van der Waals surface area contributed by atoms with Gasteiger partial charge in [-0.2, -0.15) is 0 Å². The van der Waals surface area contributed by atoms with Crippen LogP contribution in [0.25, 0.3) is 0 Å². The molecule has 21 heavy (non-hydrogen) atoms. The number of likely N-dealkylation sites (tertiary alicyclic amines) is 1. The number of esters is 1. The Morgan fingerprint density at radius 2 is 1.81 bits per heavy atom. The molecule has 0 unspecified atom stereocenters. The number of carbonyl (C=O) groups excluding carboxylic acids is 3. The first-order valence-corrected chi connectivity index (χ1v) is 6.92. The summed E-state index contributed by atoms with van der Waals surface area (Å²) >= 11 is 0. The number of carbonyl (C=O) groups is 3. The molecule has 1 aliphatic heterocycles. The molecule has 1 amide bonds. The standard InChI is InChI=1S/C14H23NO6/c1-5-20-11(17)6-10(16)7-14(19)8-15(9-14)12(18)21-13(2,3)4/h19H,5-9H2,1-4H3. The molecule has 0 bridgehead atoms. The zero-order valence-electron chi connectivity index (χ0n) is 13.0. The number of ketones is 1. The van der Waals surface area contributed by atoms with Crippen molar-refractivity contribution in [3.05, 3.63) is 0 Å². The Labute approximate surface area is 124 Å². The molecule has 0 radical (unpaired) electrons. The van der Waals surface area contributed by atoms with Crippen LogP contribution in [0.15, 0.2) is 0 Å². The van der Waals surface area contributed by atoms with Crippen molar-refractivity contribution in [2.75, 3.05) is 19.7 Å². The number of nitrogens with zero attached hydrogens (tertiary/aromatic N) is 1. The van der Waals surface area contributed by atoms with Gasteiger partial charge in [-0.05, 0) is 27.7 Å². The molecule has 1 fully saturated rings. The highest BCUT2D eigenvalue weighted by Crippen LogP contribution is 2.27. The molecule has 0 saturated carbocycles. The van der Waals surface area contributed by atoms with E-state index in [2.05, 4.69) is 4.74 Å². The molecule has 1 saturated heterocycles. The maximum absolute atomic E-state index is 11.7. The molecule has 1 heterocycles. The summed E-state index contributed by atoms with van der Waals surface area (Å²) in [5.74, 6) is -1.01. The van der Waals surface area contributed by atoms with Gasteiger partial charge in [0.15, 0.2) is 0 Å². The minimum atomic E-state index is -1.28. The normalized spacial score (nSPS) is 16.9. The SMILES string of the molecule is CCOC(=O)CC(=O)CC1(O)CN(C(=O)OC(C)(C)C)C1. The van der Waals surface area contributed by atoms with Crippen LogP contribution in [0.1, 0.15) is 40.5 Å².